The highest BCUT2D eigenvalue weighted by Crippen LogP contribution is 2.19. The van der Waals surface area contributed by atoms with Gasteiger partial charge < -0.3 is 5.73 Å². The molecular formula is C12H17N3. The van der Waals surface area contributed by atoms with E-state index in [1.54, 1.807) is 0 Å². The van der Waals surface area contributed by atoms with Crippen molar-refractivity contribution < 1.29 is 0 Å². The smallest absolute Gasteiger partial charge is 0.0928 e. The average molecular weight is 203 g/mol. The zero-order valence-electron chi connectivity index (χ0n) is 9.33. The molecule has 0 saturated heterocycles. The normalized spacial score (nSPS) is 11.1. The van der Waals surface area contributed by atoms with Gasteiger partial charge in [0.2, 0.25) is 0 Å². The first kappa shape index (κ1) is 10.2. The molecule has 15 heavy (non-hydrogen) atoms. The Labute approximate surface area is 89.9 Å². The van der Waals surface area contributed by atoms with Crippen molar-refractivity contribution >= 4 is 10.9 Å². The van der Waals surface area contributed by atoms with E-state index in [9.17, 15) is 0 Å². The summed E-state index contributed by atoms with van der Waals surface area (Å²) in [5.74, 6) is 0. The van der Waals surface area contributed by atoms with E-state index in [4.69, 9.17) is 5.73 Å². The maximum atomic E-state index is 5.54. The number of aryl methyl sites for hydroxylation is 2. The maximum Gasteiger partial charge on any atom is 0.0928 e. The maximum absolute atomic E-state index is 5.54. The van der Waals surface area contributed by atoms with Crippen LogP contribution in [0.5, 0.6) is 0 Å². The lowest BCUT2D eigenvalue weighted by molar-refractivity contribution is 0.728. The Balaban J connectivity index is 2.54. The topological polar surface area (TPSA) is 43.8 Å². The van der Waals surface area contributed by atoms with Gasteiger partial charge in [-0.1, -0.05) is 19.1 Å². The van der Waals surface area contributed by atoms with Crippen molar-refractivity contribution in [2.24, 2.45) is 12.8 Å². The van der Waals surface area contributed by atoms with Crippen LogP contribution in [-0.4, -0.2) is 16.3 Å². The number of hydrogen-bond acceptors (Lipinski definition) is 2. The second kappa shape index (κ2) is 4.03. The van der Waals surface area contributed by atoms with Crippen molar-refractivity contribution in [3.05, 3.63) is 29.5 Å². The van der Waals surface area contributed by atoms with E-state index >= 15 is 0 Å². The van der Waals surface area contributed by atoms with Gasteiger partial charge in [0.1, 0.15) is 0 Å². The van der Waals surface area contributed by atoms with Crippen LogP contribution >= 0.6 is 0 Å². The first-order chi connectivity index (χ1) is 7.26. The van der Waals surface area contributed by atoms with Gasteiger partial charge in [-0.05, 0) is 31.0 Å². The standard InChI is InChI=1S/C12H17N3/c1-3-12-10-5-4-9(6-7-13)8-11(10)14-15(12)2/h4-5,8H,3,6-7,13H2,1-2H3. The third kappa shape index (κ3) is 1.75. The fraction of sp³-hybridized carbons (Fsp3) is 0.417. The van der Waals surface area contributed by atoms with Crippen LogP contribution < -0.4 is 5.73 Å². The molecular weight excluding hydrogens is 186 g/mol. The highest BCUT2D eigenvalue weighted by Gasteiger charge is 2.06. The summed E-state index contributed by atoms with van der Waals surface area (Å²) < 4.78 is 1.97. The first-order valence-corrected chi connectivity index (χ1v) is 5.40. The molecule has 0 atom stereocenters. The van der Waals surface area contributed by atoms with E-state index in [1.165, 1.54) is 16.6 Å². The second-order valence-corrected chi connectivity index (χ2v) is 3.81. The van der Waals surface area contributed by atoms with E-state index in [0.717, 1.165) is 18.4 Å². The molecule has 80 valence electrons. The average Bonchev–Trinajstić information content (AvgIpc) is 2.53. The Kier molecular flexibility index (Phi) is 2.73. The number of rotatable bonds is 3. The quantitative estimate of drug-likeness (QED) is 0.824. The molecule has 3 heteroatoms. The van der Waals surface area contributed by atoms with E-state index in [0.29, 0.717) is 6.54 Å². The predicted octanol–water partition coefficient (Wildman–Crippen LogP) is 1.64. The van der Waals surface area contributed by atoms with Crippen LogP contribution in [0.2, 0.25) is 0 Å². The minimum Gasteiger partial charge on any atom is -0.330 e. The van der Waals surface area contributed by atoms with Gasteiger partial charge in [0.15, 0.2) is 0 Å². The molecule has 0 aliphatic carbocycles. The summed E-state index contributed by atoms with van der Waals surface area (Å²) in [5, 5.41) is 5.77. The van der Waals surface area contributed by atoms with Gasteiger partial charge in [-0.3, -0.25) is 4.68 Å². The van der Waals surface area contributed by atoms with E-state index < -0.39 is 0 Å². The third-order valence-corrected chi connectivity index (χ3v) is 2.79. The van der Waals surface area contributed by atoms with Gasteiger partial charge in [-0.15, -0.1) is 0 Å². The van der Waals surface area contributed by atoms with Crippen molar-refractivity contribution in [3.63, 3.8) is 0 Å². The summed E-state index contributed by atoms with van der Waals surface area (Å²) in [6.45, 7) is 2.85. The van der Waals surface area contributed by atoms with Gasteiger partial charge in [-0.2, -0.15) is 5.10 Å². The van der Waals surface area contributed by atoms with Gasteiger partial charge in [0, 0.05) is 18.1 Å². The predicted molar refractivity (Wildman–Crippen MR) is 62.9 cm³/mol. The van der Waals surface area contributed by atoms with Crippen LogP contribution in [0.15, 0.2) is 18.2 Å². The Morgan fingerprint density at radius 3 is 2.87 bits per heavy atom. The lowest BCUT2D eigenvalue weighted by Gasteiger charge is -1.98. The fourth-order valence-corrected chi connectivity index (χ4v) is 2.04. The molecule has 0 spiro atoms. The monoisotopic (exact) mass is 203 g/mol. The third-order valence-electron chi connectivity index (χ3n) is 2.79. The minimum absolute atomic E-state index is 0.693. The first-order valence-electron chi connectivity index (χ1n) is 5.40. The number of fused-ring (bicyclic) bond motifs is 1. The molecule has 0 aliphatic rings. The van der Waals surface area contributed by atoms with E-state index in [-0.39, 0.29) is 0 Å². The fourth-order valence-electron chi connectivity index (χ4n) is 2.04. The zero-order chi connectivity index (χ0) is 10.8. The summed E-state index contributed by atoms with van der Waals surface area (Å²) in [5.41, 5.74) is 9.19. The molecule has 2 N–H and O–H groups in total. The molecule has 0 bridgehead atoms. The molecule has 0 radical (unpaired) electrons. The molecule has 0 saturated carbocycles. The van der Waals surface area contributed by atoms with Crippen molar-refractivity contribution in [3.8, 4) is 0 Å². The molecule has 2 rings (SSSR count). The summed E-state index contributed by atoms with van der Waals surface area (Å²) in [6, 6.07) is 6.45. The molecule has 0 fully saturated rings. The SMILES string of the molecule is CCc1c2ccc(CCN)cc2nn1C. The van der Waals surface area contributed by atoms with Crippen molar-refractivity contribution in [2.45, 2.75) is 19.8 Å². The number of hydrogen-bond donors (Lipinski definition) is 1. The Morgan fingerprint density at radius 2 is 2.20 bits per heavy atom. The van der Waals surface area contributed by atoms with E-state index in [1.807, 2.05) is 11.7 Å². The van der Waals surface area contributed by atoms with E-state index in [2.05, 4.69) is 30.2 Å². The number of aromatic nitrogens is 2. The van der Waals surface area contributed by atoms with Gasteiger partial charge in [0.05, 0.1) is 5.52 Å². The van der Waals surface area contributed by atoms with Gasteiger partial charge in [-0.25, -0.2) is 0 Å². The second-order valence-electron chi connectivity index (χ2n) is 3.81. The van der Waals surface area contributed by atoms with Crippen LogP contribution in [0.1, 0.15) is 18.2 Å². The largest absolute Gasteiger partial charge is 0.330 e. The molecule has 1 aromatic carbocycles. The Hall–Kier alpha value is -1.35. The van der Waals surface area contributed by atoms with Crippen molar-refractivity contribution in [2.75, 3.05) is 6.54 Å². The van der Waals surface area contributed by atoms with Gasteiger partial charge >= 0.3 is 0 Å². The summed E-state index contributed by atoms with van der Waals surface area (Å²) in [7, 11) is 2.00. The highest BCUT2D eigenvalue weighted by atomic mass is 15.3. The van der Waals surface area contributed by atoms with Gasteiger partial charge in [0.25, 0.3) is 0 Å². The molecule has 1 heterocycles. The molecule has 2 aromatic rings. The van der Waals surface area contributed by atoms with Crippen molar-refractivity contribution in [1.29, 1.82) is 0 Å². The minimum atomic E-state index is 0.693. The number of nitrogens with two attached hydrogens (primary N) is 1. The number of benzene rings is 1. The van der Waals surface area contributed by atoms with Crippen molar-refractivity contribution in [1.82, 2.24) is 9.78 Å². The van der Waals surface area contributed by atoms with Crippen LogP contribution in [0.3, 0.4) is 0 Å². The Bertz CT molecular complexity index is 471. The Morgan fingerprint density at radius 1 is 1.40 bits per heavy atom. The molecule has 3 nitrogen and oxygen atoms in total. The number of nitrogens with zero attached hydrogens (tertiary/aromatic N) is 2. The van der Waals surface area contributed by atoms with Crippen LogP contribution in [0.25, 0.3) is 10.9 Å². The highest BCUT2D eigenvalue weighted by molar-refractivity contribution is 5.82. The lowest BCUT2D eigenvalue weighted by Crippen LogP contribution is -2.02. The zero-order valence-corrected chi connectivity index (χ0v) is 9.33. The van der Waals surface area contributed by atoms with Crippen LogP contribution in [0, 0.1) is 0 Å². The van der Waals surface area contributed by atoms with Crippen LogP contribution in [-0.2, 0) is 19.9 Å². The summed E-state index contributed by atoms with van der Waals surface area (Å²) in [4.78, 5) is 0. The molecule has 0 aliphatic heterocycles. The summed E-state index contributed by atoms with van der Waals surface area (Å²) in [6.07, 6.45) is 1.94. The molecule has 1 aromatic heterocycles. The molecule has 0 unspecified atom stereocenters. The van der Waals surface area contributed by atoms with Crippen LogP contribution in [0.4, 0.5) is 0 Å². The molecule has 0 amide bonds. The lowest BCUT2D eigenvalue weighted by atomic mass is 10.1. The summed E-state index contributed by atoms with van der Waals surface area (Å²) >= 11 is 0.